The van der Waals surface area contributed by atoms with Gasteiger partial charge in [0.15, 0.2) is 11.5 Å². The summed E-state index contributed by atoms with van der Waals surface area (Å²) in [6.45, 7) is 12.7. The number of carbonyl (C=O) groups is 2. The SMILES string of the molecule is CCOc1cc2c(cc1OCC)[C@H]1[C@@H](C(=O)N3CCN(c4cccc(C)c4C)CC3)c3ccccc3C(=O)N1CC2. The van der Waals surface area contributed by atoms with E-state index in [4.69, 9.17) is 9.47 Å². The van der Waals surface area contributed by atoms with Crippen molar-refractivity contribution in [2.75, 3.05) is 50.8 Å². The summed E-state index contributed by atoms with van der Waals surface area (Å²) in [7, 11) is 0. The quantitative estimate of drug-likeness (QED) is 0.415. The Hall–Kier alpha value is -4.00. The largest absolute Gasteiger partial charge is 0.490 e. The fourth-order valence-electron chi connectivity index (χ4n) is 6.78. The molecule has 0 aliphatic carbocycles. The molecule has 0 saturated carbocycles. The molecule has 3 aromatic rings. The number of ether oxygens (including phenoxy) is 2. The maximum atomic E-state index is 14.5. The minimum absolute atomic E-state index is 0.00751. The summed E-state index contributed by atoms with van der Waals surface area (Å²) in [6, 6.07) is 17.8. The van der Waals surface area contributed by atoms with E-state index in [9.17, 15) is 9.59 Å². The molecule has 214 valence electrons. The number of piperazine rings is 1. The molecule has 0 spiro atoms. The number of benzene rings is 3. The number of anilines is 1. The predicted molar refractivity (Wildman–Crippen MR) is 160 cm³/mol. The molecule has 2 atom stereocenters. The van der Waals surface area contributed by atoms with Crippen LogP contribution in [0.4, 0.5) is 5.69 Å². The van der Waals surface area contributed by atoms with Gasteiger partial charge < -0.3 is 24.2 Å². The van der Waals surface area contributed by atoms with Crippen molar-refractivity contribution in [3.63, 3.8) is 0 Å². The zero-order valence-electron chi connectivity index (χ0n) is 24.5. The number of nitrogens with zero attached hydrogens (tertiary/aromatic N) is 3. The maximum absolute atomic E-state index is 14.5. The van der Waals surface area contributed by atoms with E-state index in [0.717, 1.165) is 35.5 Å². The van der Waals surface area contributed by atoms with Gasteiger partial charge in [0.1, 0.15) is 0 Å². The Bertz CT molecular complexity index is 1480. The van der Waals surface area contributed by atoms with Crippen molar-refractivity contribution in [3.05, 3.63) is 88.0 Å². The summed E-state index contributed by atoms with van der Waals surface area (Å²) in [5, 5.41) is 0. The first kappa shape index (κ1) is 27.2. The van der Waals surface area contributed by atoms with Crippen LogP contribution in [0.1, 0.15) is 64.0 Å². The second-order valence-electron chi connectivity index (χ2n) is 11.2. The summed E-state index contributed by atoms with van der Waals surface area (Å²) in [6.07, 6.45) is 0.710. The second-order valence-corrected chi connectivity index (χ2v) is 11.2. The zero-order chi connectivity index (χ0) is 28.7. The molecule has 3 aliphatic rings. The molecule has 0 N–H and O–H groups in total. The van der Waals surface area contributed by atoms with E-state index in [1.54, 1.807) is 0 Å². The number of hydrogen-bond donors (Lipinski definition) is 0. The van der Waals surface area contributed by atoms with Gasteiger partial charge in [-0.3, -0.25) is 9.59 Å². The molecule has 3 heterocycles. The van der Waals surface area contributed by atoms with Crippen LogP contribution >= 0.6 is 0 Å². The van der Waals surface area contributed by atoms with E-state index in [-0.39, 0.29) is 17.9 Å². The third kappa shape index (κ3) is 4.71. The van der Waals surface area contributed by atoms with Gasteiger partial charge in [-0.2, -0.15) is 0 Å². The molecule has 1 fully saturated rings. The topological polar surface area (TPSA) is 62.3 Å². The molecule has 6 rings (SSSR count). The zero-order valence-corrected chi connectivity index (χ0v) is 24.5. The Kier molecular flexibility index (Phi) is 7.37. The van der Waals surface area contributed by atoms with E-state index in [0.29, 0.717) is 50.6 Å². The monoisotopic (exact) mass is 553 g/mol. The standard InChI is InChI=1S/C34H39N3O4/c1-5-40-29-20-24-14-15-37-32(27(24)21-30(29)41-6-2)31(25-11-7-8-12-26(25)33(37)38)34(39)36-18-16-35(17-19-36)28-13-9-10-22(3)23(28)4/h7-13,20-21,31-32H,5-6,14-19H2,1-4H3/t31-,32-/m0/s1. The van der Waals surface area contributed by atoms with Crippen LogP contribution < -0.4 is 14.4 Å². The lowest BCUT2D eigenvalue weighted by molar-refractivity contribution is -0.135. The third-order valence-corrected chi connectivity index (χ3v) is 8.96. The summed E-state index contributed by atoms with van der Waals surface area (Å²) < 4.78 is 11.9. The van der Waals surface area contributed by atoms with Crippen LogP contribution in [0.15, 0.2) is 54.6 Å². The maximum Gasteiger partial charge on any atom is 0.254 e. The highest BCUT2D eigenvalue weighted by molar-refractivity contribution is 6.01. The Morgan fingerprint density at radius 2 is 1.56 bits per heavy atom. The molecule has 1 saturated heterocycles. The van der Waals surface area contributed by atoms with Crippen LogP contribution in [0.25, 0.3) is 0 Å². The van der Waals surface area contributed by atoms with E-state index >= 15 is 0 Å². The van der Waals surface area contributed by atoms with Gasteiger partial charge in [0.2, 0.25) is 5.91 Å². The van der Waals surface area contributed by atoms with E-state index in [1.807, 2.05) is 54.0 Å². The van der Waals surface area contributed by atoms with Crippen molar-refractivity contribution in [2.24, 2.45) is 0 Å². The van der Waals surface area contributed by atoms with Crippen LogP contribution in [-0.4, -0.2) is 67.6 Å². The van der Waals surface area contributed by atoms with Crippen LogP contribution in [0, 0.1) is 13.8 Å². The summed E-state index contributed by atoms with van der Waals surface area (Å²) in [4.78, 5) is 34.6. The van der Waals surface area contributed by atoms with Gasteiger partial charge in [-0.15, -0.1) is 0 Å². The minimum Gasteiger partial charge on any atom is -0.490 e. The molecule has 3 aliphatic heterocycles. The van der Waals surface area contributed by atoms with Gasteiger partial charge in [0, 0.05) is 44.0 Å². The average Bonchev–Trinajstić information content (AvgIpc) is 2.99. The number of aryl methyl sites for hydroxylation is 1. The molecule has 41 heavy (non-hydrogen) atoms. The summed E-state index contributed by atoms with van der Waals surface area (Å²) in [5.41, 5.74) is 7.36. The predicted octanol–water partition coefficient (Wildman–Crippen LogP) is 5.29. The summed E-state index contributed by atoms with van der Waals surface area (Å²) >= 11 is 0. The fraction of sp³-hybridized carbons (Fsp3) is 0.412. The summed E-state index contributed by atoms with van der Waals surface area (Å²) in [5.74, 6) is 0.971. The second kappa shape index (κ2) is 11.1. The highest BCUT2D eigenvalue weighted by atomic mass is 16.5. The van der Waals surface area contributed by atoms with Crippen LogP contribution in [0.2, 0.25) is 0 Å². The number of fused-ring (bicyclic) bond motifs is 4. The number of hydrogen-bond acceptors (Lipinski definition) is 5. The van der Waals surface area contributed by atoms with Gasteiger partial charge in [0.05, 0.1) is 25.2 Å². The number of rotatable bonds is 6. The van der Waals surface area contributed by atoms with Crippen molar-refractivity contribution >= 4 is 17.5 Å². The Morgan fingerprint density at radius 3 is 2.29 bits per heavy atom. The highest BCUT2D eigenvalue weighted by Crippen LogP contribution is 2.49. The molecule has 0 unspecified atom stereocenters. The Balaban J connectivity index is 1.36. The van der Waals surface area contributed by atoms with Crippen LogP contribution in [0.5, 0.6) is 11.5 Å². The van der Waals surface area contributed by atoms with Crippen LogP contribution in [-0.2, 0) is 11.2 Å². The average molecular weight is 554 g/mol. The van der Waals surface area contributed by atoms with Gasteiger partial charge in [-0.25, -0.2) is 0 Å². The molecule has 7 nitrogen and oxygen atoms in total. The molecule has 0 bridgehead atoms. The van der Waals surface area contributed by atoms with Crippen molar-refractivity contribution in [1.82, 2.24) is 9.80 Å². The fourth-order valence-corrected chi connectivity index (χ4v) is 6.78. The van der Waals surface area contributed by atoms with Crippen molar-refractivity contribution in [3.8, 4) is 11.5 Å². The molecule has 0 aromatic heterocycles. The first-order valence-electron chi connectivity index (χ1n) is 14.8. The molecule has 2 amide bonds. The first-order valence-corrected chi connectivity index (χ1v) is 14.8. The third-order valence-electron chi connectivity index (χ3n) is 8.96. The molecule has 3 aromatic carbocycles. The molecular formula is C34H39N3O4. The highest BCUT2D eigenvalue weighted by Gasteiger charge is 2.48. The lowest BCUT2D eigenvalue weighted by Gasteiger charge is -2.47. The number of amides is 2. The van der Waals surface area contributed by atoms with Gasteiger partial charge in [0.25, 0.3) is 5.91 Å². The lowest BCUT2D eigenvalue weighted by Crippen LogP contribution is -2.54. The number of carbonyl (C=O) groups excluding carboxylic acids is 2. The van der Waals surface area contributed by atoms with Crippen molar-refractivity contribution < 1.29 is 19.1 Å². The lowest BCUT2D eigenvalue weighted by atomic mass is 9.75. The Labute approximate surface area is 242 Å². The van der Waals surface area contributed by atoms with E-state index in [1.165, 1.54) is 16.8 Å². The molecular weight excluding hydrogens is 514 g/mol. The molecule has 7 heteroatoms. The van der Waals surface area contributed by atoms with Crippen LogP contribution in [0.3, 0.4) is 0 Å². The Morgan fingerprint density at radius 1 is 0.854 bits per heavy atom. The van der Waals surface area contributed by atoms with Gasteiger partial charge in [-0.1, -0.05) is 30.3 Å². The van der Waals surface area contributed by atoms with Gasteiger partial charge >= 0.3 is 0 Å². The van der Waals surface area contributed by atoms with Crippen molar-refractivity contribution in [2.45, 2.75) is 46.1 Å². The normalized spacial score (nSPS) is 19.8. The minimum atomic E-state index is -0.484. The van der Waals surface area contributed by atoms with Crippen molar-refractivity contribution in [1.29, 1.82) is 0 Å². The van der Waals surface area contributed by atoms with Gasteiger partial charge in [-0.05, 0) is 86.2 Å². The smallest absolute Gasteiger partial charge is 0.254 e. The molecule has 0 radical (unpaired) electrons. The van der Waals surface area contributed by atoms with E-state index < -0.39 is 5.92 Å². The first-order chi connectivity index (χ1) is 19.9. The van der Waals surface area contributed by atoms with E-state index in [2.05, 4.69) is 43.0 Å².